The highest BCUT2D eigenvalue weighted by atomic mass is 35.5. The minimum absolute atomic E-state index is 0.167. The Hall–Kier alpha value is -1.52. The van der Waals surface area contributed by atoms with E-state index in [2.05, 4.69) is 5.32 Å². The number of halogens is 2. The van der Waals surface area contributed by atoms with Gasteiger partial charge in [-0.3, -0.25) is 9.59 Å². The second kappa shape index (κ2) is 7.65. The first-order valence-corrected chi connectivity index (χ1v) is 7.84. The number of allylic oxidation sites excluding steroid dienone is 2. The predicted octanol–water partition coefficient (Wildman–Crippen LogP) is 4.22. The Bertz CT molecular complexity index is 601. The first-order chi connectivity index (χ1) is 10.5. The Morgan fingerprint density at radius 1 is 1.32 bits per heavy atom. The van der Waals surface area contributed by atoms with Crippen LogP contribution in [-0.4, -0.2) is 18.0 Å². The van der Waals surface area contributed by atoms with Crippen LogP contribution in [0.25, 0.3) is 0 Å². The number of esters is 1. The predicted molar refractivity (Wildman–Crippen MR) is 87.1 cm³/mol. The summed E-state index contributed by atoms with van der Waals surface area (Å²) in [5.41, 5.74) is 0.430. The van der Waals surface area contributed by atoms with Crippen molar-refractivity contribution in [2.75, 3.05) is 5.32 Å². The number of benzene rings is 1. The van der Waals surface area contributed by atoms with Gasteiger partial charge in [0.25, 0.3) is 5.91 Å². The topological polar surface area (TPSA) is 55.4 Å². The van der Waals surface area contributed by atoms with Gasteiger partial charge in [-0.25, -0.2) is 0 Å². The number of carbonyl (C=O) groups is 2. The molecule has 0 heterocycles. The Kier molecular flexibility index (Phi) is 5.86. The van der Waals surface area contributed by atoms with Gasteiger partial charge in [0.05, 0.1) is 16.6 Å². The number of carbonyl (C=O) groups excluding carboxylic acids is 2. The molecule has 0 unspecified atom stereocenters. The van der Waals surface area contributed by atoms with Crippen molar-refractivity contribution in [3.05, 3.63) is 40.4 Å². The number of amides is 1. The van der Waals surface area contributed by atoms with Gasteiger partial charge in [-0.05, 0) is 44.4 Å². The number of ether oxygens (including phenoxy) is 1. The Balaban J connectivity index is 1.91. The molecule has 0 spiro atoms. The van der Waals surface area contributed by atoms with E-state index in [1.807, 2.05) is 12.2 Å². The van der Waals surface area contributed by atoms with Gasteiger partial charge in [-0.2, -0.15) is 0 Å². The molecular formula is C16H17Cl2NO3. The molecular weight excluding hydrogens is 325 g/mol. The fourth-order valence-corrected chi connectivity index (χ4v) is 2.61. The molecule has 1 amide bonds. The molecule has 1 aliphatic carbocycles. The lowest BCUT2D eigenvalue weighted by Gasteiger charge is -2.20. The zero-order valence-corrected chi connectivity index (χ0v) is 13.7. The Morgan fingerprint density at radius 3 is 2.73 bits per heavy atom. The molecule has 22 heavy (non-hydrogen) atoms. The molecule has 1 N–H and O–H groups in total. The van der Waals surface area contributed by atoms with E-state index in [-0.39, 0.29) is 11.9 Å². The van der Waals surface area contributed by atoms with Crippen LogP contribution in [0.4, 0.5) is 5.69 Å². The minimum atomic E-state index is -0.884. The Morgan fingerprint density at radius 2 is 2.09 bits per heavy atom. The summed E-state index contributed by atoms with van der Waals surface area (Å²) in [6, 6.07) is 4.75. The van der Waals surface area contributed by atoms with Crippen LogP contribution in [0.1, 0.15) is 26.2 Å². The summed E-state index contributed by atoms with van der Waals surface area (Å²) in [5, 5.41) is 3.43. The number of hydrogen-bond donors (Lipinski definition) is 1. The molecule has 0 aromatic heterocycles. The molecule has 0 saturated carbocycles. The van der Waals surface area contributed by atoms with Gasteiger partial charge in [-0.15, -0.1) is 0 Å². The number of hydrogen-bond acceptors (Lipinski definition) is 3. The molecule has 4 nitrogen and oxygen atoms in total. The van der Waals surface area contributed by atoms with Gasteiger partial charge in [-0.1, -0.05) is 35.4 Å². The standard InChI is InChI=1S/C16H17Cl2NO3/c1-10(22-16(21)11-5-3-2-4-6-11)15(20)19-14-8-7-12(17)9-13(14)18/h2-3,7-11H,4-6H2,1H3,(H,19,20)/t10-,11-/m0/s1. The third kappa shape index (κ3) is 4.49. The fraction of sp³-hybridized carbons (Fsp3) is 0.375. The quantitative estimate of drug-likeness (QED) is 0.658. The molecule has 1 aromatic carbocycles. The largest absolute Gasteiger partial charge is 0.452 e. The van der Waals surface area contributed by atoms with E-state index in [1.54, 1.807) is 12.1 Å². The lowest BCUT2D eigenvalue weighted by Crippen LogP contribution is -2.32. The number of anilines is 1. The Labute approximate surface area is 139 Å². The van der Waals surface area contributed by atoms with E-state index in [0.717, 1.165) is 12.8 Å². The van der Waals surface area contributed by atoms with Crippen molar-refractivity contribution in [2.24, 2.45) is 5.92 Å². The molecule has 0 saturated heterocycles. The van der Waals surface area contributed by atoms with Crippen molar-refractivity contribution >= 4 is 40.8 Å². The highest BCUT2D eigenvalue weighted by Crippen LogP contribution is 2.26. The van der Waals surface area contributed by atoms with E-state index < -0.39 is 12.0 Å². The van der Waals surface area contributed by atoms with Crippen LogP contribution >= 0.6 is 23.2 Å². The van der Waals surface area contributed by atoms with Gasteiger partial charge in [0.1, 0.15) is 0 Å². The van der Waals surface area contributed by atoms with Crippen molar-refractivity contribution in [3.63, 3.8) is 0 Å². The molecule has 6 heteroatoms. The fourth-order valence-electron chi connectivity index (χ4n) is 2.16. The minimum Gasteiger partial charge on any atom is -0.452 e. The molecule has 118 valence electrons. The van der Waals surface area contributed by atoms with Gasteiger partial charge < -0.3 is 10.1 Å². The summed E-state index contributed by atoms with van der Waals surface area (Å²) in [6.07, 6.45) is 5.41. The molecule has 0 bridgehead atoms. The summed E-state index contributed by atoms with van der Waals surface area (Å²) >= 11 is 11.8. The molecule has 1 aliphatic rings. The smallest absolute Gasteiger partial charge is 0.310 e. The van der Waals surface area contributed by atoms with Crippen LogP contribution < -0.4 is 5.32 Å². The highest BCUT2D eigenvalue weighted by Gasteiger charge is 2.25. The van der Waals surface area contributed by atoms with Crippen molar-refractivity contribution in [1.29, 1.82) is 0 Å². The monoisotopic (exact) mass is 341 g/mol. The summed E-state index contributed by atoms with van der Waals surface area (Å²) < 4.78 is 5.23. The third-order valence-electron chi connectivity index (χ3n) is 3.45. The zero-order valence-electron chi connectivity index (χ0n) is 12.1. The maximum Gasteiger partial charge on any atom is 0.310 e. The maximum absolute atomic E-state index is 12.1. The first kappa shape index (κ1) is 16.8. The van der Waals surface area contributed by atoms with Crippen LogP contribution in [0.15, 0.2) is 30.4 Å². The van der Waals surface area contributed by atoms with E-state index in [9.17, 15) is 9.59 Å². The van der Waals surface area contributed by atoms with Gasteiger partial charge in [0.15, 0.2) is 6.10 Å². The number of nitrogens with one attached hydrogen (secondary N) is 1. The highest BCUT2D eigenvalue weighted by molar-refractivity contribution is 6.36. The van der Waals surface area contributed by atoms with E-state index >= 15 is 0 Å². The summed E-state index contributed by atoms with van der Waals surface area (Å²) in [4.78, 5) is 24.1. The average molecular weight is 342 g/mol. The molecule has 0 fully saturated rings. The second-order valence-corrected chi connectivity index (χ2v) is 6.02. The van der Waals surface area contributed by atoms with Gasteiger partial charge in [0, 0.05) is 5.02 Å². The lowest BCUT2D eigenvalue weighted by molar-refractivity contribution is -0.157. The van der Waals surface area contributed by atoms with Gasteiger partial charge >= 0.3 is 5.97 Å². The van der Waals surface area contributed by atoms with Crippen LogP contribution in [0.2, 0.25) is 10.0 Å². The molecule has 0 radical (unpaired) electrons. The normalized spacial score (nSPS) is 18.6. The number of rotatable bonds is 4. The van der Waals surface area contributed by atoms with Gasteiger partial charge in [0.2, 0.25) is 0 Å². The maximum atomic E-state index is 12.1. The third-order valence-corrected chi connectivity index (χ3v) is 4.00. The van der Waals surface area contributed by atoms with Crippen molar-refractivity contribution in [2.45, 2.75) is 32.3 Å². The first-order valence-electron chi connectivity index (χ1n) is 7.09. The lowest BCUT2D eigenvalue weighted by atomic mass is 9.95. The van der Waals surface area contributed by atoms with Crippen LogP contribution in [0, 0.1) is 5.92 Å². The molecule has 0 aliphatic heterocycles. The molecule has 2 atom stereocenters. The SMILES string of the molecule is C[C@H](OC(=O)[C@H]1CC=CCC1)C(=O)Nc1ccc(Cl)cc1Cl. The van der Waals surface area contributed by atoms with Crippen LogP contribution in [-0.2, 0) is 14.3 Å². The second-order valence-electron chi connectivity index (χ2n) is 5.17. The van der Waals surface area contributed by atoms with E-state index in [0.29, 0.717) is 22.2 Å². The van der Waals surface area contributed by atoms with Crippen molar-refractivity contribution < 1.29 is 14.3 Å². The summed E-state index contributed by atoms with van der Waals surface area (Å²) in [6.45, 7) is 1.54. The van der Waals surface area contributed by atoms with Crippen molar-refractivity contribution in [1.82, 2.24) is 0 Å². The summed E-state index contributed by atoms with van der Waals surface area (Å²) in [5.74, 6) is -0.933. The molecule has 1 aromatic rings. The van der Waals surface area contributed by atoms with Crippen molar-refractivity contribution in [3.8, 4) is 0 Å². The van der Waals surface area contributed by atoms with Crippen LogP contribution in [0.3, 0.4) is 0 Å². The average Bonchev–Trinajstić information content (AvgIpc) is 2.50. The zero-order chi connectivity index (χ0) is 16.1. The van der Waals surface area contributed by atoms with E-state index in [4.69, 9.17) is 27.9 Å². The van der Waals surface area contributed by atoms with E-state index in [1.165, 1.54) is 13.0 Å². The summed E-state index contributed by atoms with van der Waals surface area (Å²) in [7, 11) is 0. The van der Waals surface area contributed by atoms with Crippen LogP contribution in [0.5, 0.6) is 0 Å². The molecule has 2 rings (SSSR count).